The van der Waals surface area contributed by atoms with Crippen LogP contribution in [0.2, 0.25) is 0 Å². The SMILES string of the molecule is CCCC1CCCC(O)(CCC(C)(C)C)CC1. The minimum absolute atomic E-state index is 0.351. The van der Waals surface area contributed by atoms with Crippen LogP contribution in [0.1, 0.15) is 85.5 Å². The van der Waals surface area contributed by atoms with E-state index in [1.54, 1.807) is 0 Å². The maximum absolute atomic E-state index is 10.7. The highest BCUT2D eigenvalue weighted by molar-refractivity contribution is 4.84. The second kappa shape index (κ2) is 6.22. The highest BCUT2D eigenvalue weighted by atomic mass is 16.3. The van der Waals surface area contributed by atoms with Crippen LogP contribution in [0.4, 0.5) is 0 Å². The smallest absolute Gasteiger partial charge is 0.0648 e. The van der Waals surface area contributed by atoms with Crippen LogP contribution >= 0.6 is 0 Å². The summed E-state index contributed by atoms with van der Waals surface area (Å²) < 4.78 is 0. The Morgan fingerprint density at radius 2 is 1.88 bits per heavy atom. The van der Waals surface area contributed by atoms with Gasteiger partial charge in [0.2, 0.25) is 0 Å². The molecule has 0 aromatic heterocycles. The van der Waals surface area contributed by atoms with Crippen LogP contribution in [-0.4, -0.2) is 10.7 Å². The number of hydrogen-bond acceptors (Lipinski definition) is 1. The molecule has 1 saturated carbocycles. The lowest BCUT2D eigenvalue weighted by molar-refractivity contribution is 0.00568. The first kappa shape index (κ1) is 15.0. The van der Waals surface area contributed by atoms with Gasteiger partial charge in [0.1, 0.15) is 0 Å². The molecule has 0 heterocycles. The highest BCUT2D eigenvalue weighted by Gasteiger charge is 2.31. The molecule has 0 saturated heterocycles. The van der Waals surface area contributed by atoms with E-state index in [2.05, 4.69) is 27.7 Å². The number of hydrogen-bond donors (Lipinski definition) is 1. The molecule has 1 fully saturated rings. The lowest BCUT2D eigenvalue weighted by Gasteiger charge is -2.30. The summed E-state index contributed by atoms with van der Waals surface area (Å²) in [6.07, 6.45) is 10.7. The summed E-state index contributed by atoms with van der Waals surface area (Å²) in [6.45, 7) is 9.09. The van der Waals surface area contributed by atoms with Gasteiger partial charge in [0.15, 0.2) is 0 Å². The third kappa shape index (κ3) is 5.90. The molecule has 1 heteroatoms. The van der Waals surface area contributed by atoms with Gasteiger partial charge in [-0.2, -0.15) is 0 Å². The summed E-state index contributed by atoms with van der Waals surface area (Å²) >= 11 is 0. The van der Waals surface area contributed by atoms with E-state index < -0.39 is 0 Å². The van der Waals surface area contributed by atoms with E-state index in [0.29, 0.717) is 5.41 Å². The molecular weight excluding hydrogens is 208 g/mol. The monoisotopic (exact) mass is 240 g/mol. The van der Waals surface area contributed by atoms with Crippen molar-refractivity contribution in [1.29, 1.82) is 0 Å². The molecule has 1 N–H and O–H groups in total. The maximum Gasteiger partial charge on any atom is 0.0648 e. The van der Waals surface area contributed by atoms with Crippen LogP contribution in [0.25, 0.3) is 0 Å². The normalized spacial score (nSPS) is 31.2. The number of aliphatic hydroxyl groups is 1. The van der Waals surface area contributed by atoms with Crippen LogP contribution in [-0.2, 0) is 0 Å². The van der Waals surface area contributed by atoms with Crippen LogP contribution in [0.15, 0.2) is 0 Å². The van der Waals surface area contributed by atoms with Crippen LogP contribution in [0, 0.1) is 11.3 Å². The average Bonchev–Trinajstić information content (AvgIpc) is 2.39. The van der Waals surface area contributed by atoms with Crippen LogP contribution in [0.5, 0.6) is 0 Å². The van der Waals surface area contributed by atoms with Crippen molar-refractivity contribution in [2.45, 2.75) is 91.1 Å². The van der Waals surface area contributed by atoms with Gasteiger partial charge in [0.05, 0.1) is 5.60 Å². The topological polar surface area (TPSA) is 20.2 Å². The zero-order valence-electron chi connectivity index (χ0n) is 12.4. The Hall–Kier alpha value is -0.0400. The second-order valence-electron chi connectivity index (χ2n) is 7.37. The van der Waals surface area contributed by atoms with Gasteiger partial charge >= 0.3 is 0 Å². The van der Waals surface area contributed by atoms with E-state index in [9.17, 15) is 5.11 Å². The Labute approximate surface area is 108 Å². The first-order valence-electron chi connectivity index (χ1n) is 7.57. The standard InChI is InChI=1S/C16H32O/c1-5-7-14-8-6-10-16(17,11-9-14)13-12-15(2,3)4/h14,17H,5-13H2,1-4H3. The molecule has 0 amide bonds. The van der Waals surface area contributed by atoms with Crippen molar-refractivity contribution < 1.29 is 5.11 Å². The molecule has 0 bridgehead atoms. The van der Waals surface area contributed by atoms with Gasteiger partial charge in [0.25, 0.3) is 0 Å². The summed E-state index contributed by atoms with van der Waals surface area (Å²) in [5.74, 6) is 0.878. The Morgan fingerprint density at radius 3 is 2.47 bits per heavy atom. The predicted molar refractivity (Wildman–Crippen MR) is 75.1 cm³/mol. The number of rotatable bonds is 4. The van der Waals surface area contributed by atoms with Gasteiger partial charge in [-0.3, -0.25) is 0 Å². The van der Waals surface area contributed by atoms with E-state index in [1.165, 1.54) is 32.1 Å². The first-order chi connectivity index (χ1) is 7.85. The zero-order valence-corrected chi connectivity index (χ0v) is 12.4. The Balaban J connectivity index is 2.42. The molecule has 1 nitrogen and oxygen atoms in total. The van der Waals surface area contributed by atoms with Crippen molar-refractivity contribution in [3.05, 3.63) is 0 Å². The summed E-state index contributed by atoms with van der Waals surface area (Å²) in [5, 5.41) is 10.7. The lowest BCUT2D eigenvalue weighted by Crippen LogP contribution is -2.29. The molecule has 0 radical (unpaired) electrons. The molecule has 1 aliphatic carbocycles. The third-order valence-corrected chi connectivity index (χ3v) is 4.31. The molecule has 0 aliphatic heterocycles. The van der Waals surface area contributed by atoms with Crippen LogP contribution < -0.4 is 0 Å². The minimum Gasteiger partial charge on any atom is -0.390 e. The summed E-state index contributed by atoms with van der Waals surface area (Å²) in [5.41, 5.74) is 0.000621. The highest BCUT2D eigenvalue weighted by Crippen LogP contribution is 2.37. The molecule has 1 rings (SSSR count). The Bertz CT molecular complexity index is 216. The molecule has 2 unspecified atom stereocenters. The minimum atomic E-state index is -0.351. The van der Waals surface area contributed by atoms with Crippen molar-refractivity contribution in [2.24, 2.45) is 11.3 Å². The Morgan fingerprint density at radius 1 is 1.18 bits per heavy atom. The van der Waals surface area contributed by atoms with E-state index in [1.807, 2.05) is 0 Å². The summed E-state index contributed by atoms with van der Waals surface area (Å²) in [7, 11) is 0. The molecule has 0 spiro atoms. The van der Waals surface area contributed by atoms with Crippen molar-refractivity contribution in [1.82, 2.24) is 0 Å². The Kier molecular flexibility index (Phi) is 5.50. The molecule has 17 heavy (non-hydrogen) atoms. The van der Waals surface area contributed by atoms with Gasteiger partial charge in [-0.15, -0.1) is 0 Å². The molecule has 102 valence electrons. The fraction of sp³-hybridized carbons (Fsp3) is 1.00. The summed E-state index contributed by atoms with van der Waals surface area (Å²) in [4.78, 5) is 0. The lowest BCUT2D eigenvalue weighted by atomic mass is 9.81. The quantitative estimate of drug-likeness (QED) is 0.691. The van der Waals surface area contributed by atoms with Gasteiger partial charge in [-0.25, -0.2) is 0 Å². The fourth-order valence-corrected chi connectivity index (χ4v) is 3.02. The summed E-state index contributed by atoms with van der Waals surface area (Å²) in [6, 6.07) is 0. The predicted octanol–water partition coefficient (Wildman–Crippen LogP) is 4.92. The van der Waals surface area contributed by atoms with Crippen molar-refractivity contribution >= 4 is 0 Å². The zero-order chi connectivity index (χ0) is 12.9. The van der Waals surface area contributed by atoms with Crippen molar-refractivity contribution in [3.8, 4) is 0 Å². The van der Waals surface area contributed by atoms with Gasteiger partial charge < -0.3 is 5.11 Å². The van der Waals surface area contributed by atoms with E-state index in [-0.39, 0.29) is 5.60 Å². The van der Waals surface area contributed by atoms with E-state index in [0.717, 1.165) is 31.6 Å². The molecule has 2 atom stereocenters. The molecular formula is C16H32O. The van der Waals surface area contributed by atoms with Crippen molar-refractivity contribution in [2.75, 3.05) is 0 Å². The average molecular weight is 240 g/mol. The maximum atomic E-state index is 10.7. The van der Waals surface area contributed by atoms with E-state index in [4.69, 9.17) is 0 Å². The van der Waals surface area contributed by atoms with E-state index >= 15 is 0 Å². The fourth-order valence-electron chi connectivity index (χ4n) is 3.02. The molecule has 1 aliphatic rings. The van der Waals surface area contributed by atoms with Crippen molar-refractivity contribution in [3.63, 3.8) is 0 Å². The first-order valence-corrected chi connectivity index (χ1v) is 7.57. The van der Waals surface area contributed by atoms with Gasteiger partial charge in [-0.1, -0.05) is 53.4 Å². The third-order valence-electron chi connectivity index (χ3n) is 4.31. The van der Waals surface area contributed by atoms with Gasteiger partial charge in [0, 0.05) is 0 Å². The molecule has 0 aromatic carbocycles. The second-order valence-corrected chi connectivity index (χ2v) is 7.37. The largest absolute Gasteiger partial charge is 0.390 e. The van der Waals surface area contributed by atoms with Crippen LogP contribution in [0.3, 0.4) is 0 Å². The van der Waals surface area contributed by atoms with Gasteiger partial charge in [-0.05, 0) is 43.4 Å². The molecule has 0 aromatic rings.